The lowest BCUT2D eigenvalue weighted by atomic mass is 10.0. The van der Waals surface area contributed by atoms with Crippen molar-refractivity contribution >= 4 is 11.9 Å². The van der Waals surface area contributed by atoms with E-state index in [1.165, 1.54) is 199 Å². The number of rotatable bonds is 54. The van der Waals surface area contributed by atoms with Gasteiger partial charge in [-0.3, -0.25) is 9.59 Å². The lowest BCUT2D eigenvalue weighted by Crippen LogP contribution is -2.46. The van der Waals surface area contributed by atoms with Gasteiger partial charge in [0, 0.05) is 6.42 Å². The van der Waals surface area contributed by atoms with Gasteiger partial charge in [-0.05, 0) is 64.2 Å². The predicted molar refractivity (Wildman–Crippen MR) is 292 cm³/mol. The molecule has 67 heavy (non-hydrogen) atoms. The first kappa shape index (κ1) is 65.1. The number of nitrogens with one attached hydrogen (secondary N) is 1. The zero-order valence-corrected chi connectivity index (χ0v) is 45.0. The highest BCUT2D eigenvalue weighted by Crippen LogP contribution is 2.18. The summed E-state index contributed by atoms with van der Waals surface area (Å²) in [7, 11) is 0. The Bertz CT molecular complexity index is 1100. The van der Waals surface area contributed by atoms with Crippen molar-refractivity contribution in [2.75, 3.05) is 6.61 Å². The van der Waals surface area contributed by atoms with E-state index in [-0.39, 0.29) is 24.9 Å². The minimum Gasteiger partial charge on any atom is -0.462 e. The summed E-state index contributed by atoms with van der Waals surface area (Å²) in [6.45, 7) is 6.49. The average Bonchev–Trinajstić information content (AvgIpc) is 3.32. The van der Waals surface area contributed by atoms with E-state index in [0.29, 0.717) is 19.3 Å². The van der Waals surface area contributed by atoms with E-state index in [0.717, 1.165) is 70.6 Å². The van der Waals surface area contributed by atoms with Gasteiger partial charge in [-0.15, -0.1) is 0 Å². The zero-order valence-electron chi connectivity index (χ0n) is 45.0. The molecule has 0 saturated heterocycles. The molecule has 0 saturated carbocycles. The lowest BCUT2D eigenvalue weighted by Gasteiger charge is -2.24. The molecule has 3 unspecified atom stereocenters. The number of carbonyl (C=O) groups excluding carboxylic acids is 2. The normalized spacial score (nSPS) is 13.3. The average molecular weight is 943 g/mol. The van der Waals surface area contributed by atoms with Gasteiger partial charge in [0.1, 0.15) is 6.10 Å². The number of hydrogen-bond donors (Lipinski definition) is 3. The van der Waals surface area contributed by atoms with Gasteiger partial charge >= 0.3 is 5.97 Å². The van der Waals surface area contributed by atoms with Crippen molar-refractivity contribution in [3.8, 4) is 0 Å². The van der Waals surface area contributed by atoms with Crippen molar-refractivity contribution in [3.63, 3.8) is 0 Å². The Balaban J connectivity index is 4.55. The van der Waals surface area contributed by atoms with Crippen LogP contribution >= 0.6 is 0 Å². The van der Waals surface area contributed by atoms with E-state index < -0.39 is 18.2 Å². The molecule has 0 radical (unpaired) electrons. The number of ether oxygens (including phenoxy) is 1. The number of carbonyl (C=O) groups is 2. The number of esters is 1. The molecular formula is C61H115NO5. The summed E-state index contributed by atoms with van der Waals surface area (Å²) in [5.41, 5.74) is 0. The summed E-state index contributed by atoms with van der Waals surface area (Å²) < 4.78 is 5.95. The molecule has 0 aromatic heterocycles. The van der Waals surface area contributed by atoms with Crippen LogP contribution in [0.25, 0.3) is 0 Å². The van der Waals surface area contributed by atoms with E-state index in [9.17, 15) is 19.8 Å². The van der Waals surface area contributed by atoms with Crippen LogP contribution in [0.4, 0.5) is 0 Å². The van der Waals surface area contributed by atoms with Crippen molar-refractivity contribution in [1.82, 2.24) is 5.32 Å². The minimum atomic E-state index is -0.796. The second-order valence-electron chi connectivity index (χ2n) is 20.4. The molecule has 0 fully saturated rings. The molecule has 6 heteroatoms. The fourth-order valence-electron chi connectivity index (χ4n) is 9.20. The number of allylic oxidation sites excluding steroid dienone is 6. The Kier molecular flexibility index (Phi) is 53.4. The van der Waals surface area contributed by atoms with Crippen LogP contribution in [0.1, 0.15) is 316 Å². The first-order chi connectivity index (χ1) is 33.0. The summed E-state index contributed by atoms with van der Waals surface area (Å²) in [4.78, 5) is 26.3. The Morgan fingerprint density at radius 3 is 1.16 bits per heavy atom. The highest BCUT2D eigenvalue weighted by atomic mass is 16.5. The van der Waals surface area contributed by atoms with Crippen LogP contribution in [-0.2, 0) is 14.3 Å². The van der Waals surface area contributed by atoms with Gasteiger partial charge in [-0.2, -0.15) is 0 Å². The molecule has 394 valence electrons. The van der Waals surface area contributed by atoms with E-state index >= 15 is 0 Å². The predicted octanol–water partition coefficient (Wildman–Crippen LogP) is 18.4. The van der Waals surface area contributed by atoms with Crippen molar-refractivity contribution in [3.05, 3.63) is 36.5 Å². The SMILES string of the molecule is CCCCC/C=C\C/C=C\C/C=C\CCCCC(CC(=O)NC(CO)C(O)CCCCCCCCCCCCCCCCCC)OC(=O)CCCCCCCCCCCCCCCCCCC. The molecule has 6 nitrogen and oxygen atoms in total. The minimum absolute atomic E-state index is 0.0563. The smallest absolute Gasteiger partial charge is 0.306 e. The van der Waals surface area contributed by atoms with Gasteiger partial charge in [0.25, 0.3) is 0 Å². The Morgan fingerprint density at radius 2 is 0.761 bits per heavy atom. The van der Waals surface area contributed by atoms with Gasteiger partial charge in [-0.25, -0.2) is 0 Å². The second kappa shape index (κ2) is 55.0. The molecule has 0 spiro atoms. The van der Waals surface area contributed by atoms with Crippen molar-refractivity contribution < 1.29 is 24.5 Å². The molecule has 0 aliphatic heterocycles. The van der Waals surface area contributed by atoms with E-state index in [1.807, 2.05) is 0 Å². The van der Waals surface area contributed by atoms with Gasteiger partial charge < -0.3 is 20.3 Å². The molecule has 0 heterocycles. The van der Waals surface area contributed by atoms with Crippen LogP contribution < -0.4 is 5.32 Å². The molecule has 3 atom stereocenters. The van der Waals surface area contributed by atoms with Crippen LogP contribution in [-0.4, -0.2) is 46.9 Å². The molecule has 0 aromatic rings. The van der Waals surface area contributed by atoms with Crippen LogP contribution in [0.2, 0.25) is 0 Å². The summed E-state index contributed by atoms with van der Waals surface area (Å²) >= 11 is 0. The number of unbranched alkanes of at least 4 members (excludes halogenated alkanes) is 36. The van der Waals surface area contributed by atoms with E-state index in [2.05, 4.69) is 62.5 Å². The molecule has 1 amide bonds. The monoisotopic (exact) mass is 942 g/mol. The second-order valence-corrected chi connectivity index (χ2v) is 20.4. The maximum atomic E-state index is 13.3. The van der Waals surface area contributed by atoms with Crippen LogP contribution in [0.3, 0.4) is 0 Å². The molecule has 0 aliphatic carbocycles. The van der Waals surface area contributed by atoms with Crippen molar-refractivity contribution in [2.45, 2.75) is 334 Å². The summed E-state index contributed by atoms with van der Waals surface area (Å²) in [6, 6.07) is -0.712. The van der Waals surface area contributed by atoms with Gasteiger partial charge in [0.15, 0.2) is 0 Å². The topological polar surface area (TPSA) is 95.9 Å². The van der Waals surface area contributed by atoms with Crippen LogP contribution in [0.15, 0.2) is 36.5 Å². The number of aliphatic hydroxyl groups excluding tert-OH is 2. The maximum absolute atomic E-state index is 13.3. The number of aliphatic hydroxyl groups is 2. The largest absolute Gasteiger partial charge is 0.462 e. The van der Waals surface area contributed by atoms with Crippen LogP contribution in [0, 0.1) is 0 Å². The summed E-state index contributed by atoms with van der Waals surface area (Å²) in [6.07, 6.45) is 66.4. The molecule has 0 bridgehead atoms. The number of hydrogen-bond acceptors (Lipinski definition) is 5. The first-order valence-corrected chi connectivity index (χ1v) is 29.7. The molecule has 0 rings (SSSR count). The standard InChI is InChI=1S/C61H115NO5/c1-4-7-10-13-16-19-22-25-28-30-33-36-39-42-45-48-51-54-61(66)67-57(52-49-46-43-40-37-34-31-27-24-21-18-15-12-9-6-3)55-60(65)62-58(56-63)59(64)53-50-47-44-41-38-35-32-29-26-23-20-17-14-11-8-5-2/h18,21,27,31,37,40,57-59,63-64H,4-17,19-20,22-26,28-30,32-36,38-39,41-56H2,1-3H3,(H,62,65)/b21-18-,31-27-,40-37-. The fourth-order valence-corrected chi connectivity index (χ4v) is 9.20. The summed E-state index contributed by atoms with van der Waals surface area (Å²) in [5.74, 6) is -0.494. The first-order valence-electron chi connectivity index (χ1n) is 29.7. The quantitative estimate of drug-likeness (QED) is 0.0321. The Labute approximate surface area is 417 Å². The highest BCUT2D eigenvalue weighted by Gasteiger charge is 2.24. The Morgan fingerprint density at radius 1 is 0.433 bits per heavy atom. The molecule has 0 aliphatic rings. The zero-order chi connectivity index (χ0) is 48.8. The Hall–Kier alpha value is -1.92. The number of amides is 1. The lowest BCUT2D eigenvalue weighted by molar-refractivity contribution is -0.151. The van der Waals surface area contributed by atoms with E-state index in [4.69, 9.17) is 4.74 Å². The van der Waals surface area contributed by atoms with E-state index in [1.54, 1.807) is 0 Å². The third-order valence-corrected chi connectivity index (χ3v) is 13.7. The summed E-state index contributed by atoms with van der Waals surface area (Å²) in [5, 5.41) is 23.9. The van der Waals surface area contributed by atoms with Gasteiger partial charge in [0.05, 0.1) is 25.2 Å². The third kappa shape index (κ3) is 50.3. The van der Waals surface area contributed by atoms with Crippen molar-refractivity contribution in [2.24, 2.45) is 0 Å². The van der Waals surface area contributed by atoms with Crippen LogP contribution in [0.5, 0.6) is 0 Å². The van der Waals surface area contributed by atoms with Crippen molar-refractivity contribution in [1.29, 1.82) is 0 Å². The van der Waals surface area contributed by atoms with Gasteiger partial charge in [0.2, 0.25) is 5.91 Å². The van der Waals surface area contributed by atoms with Gasteiger partial charge in [-0.1, -0.05) is 276 Å². The molecule has 3 N–H and O–H groups in total. The third-order valence-electron chi connectivity index (χ3n) is 13.7. The highest BCUT2D eigenvalue weighted by molar-refractivity contribution is 5.77. The molecular weight excluding hydrogens is 827 g/mol. The fraction of sp³-hybridized carbons (Fsp3) is 0.869. The maximum Gasteiger partial charge on any atom is 0.306 e. The molecule has 0 aromatic carbocycles.